The first-order chi connectivity index (χ1) is 9.67. The predicted octanol–water partition coefficient (Wildman–Crippen LogP) is 3.34. The maximum Gasteiger partial charge on any atom is 0.128 e. The second kappa shape index (κ2) is 7.09. The van der Waals surface area contributed by atoms with Crippen molar-refractivity contribution in [3.8, 4) is 5.75 Å². The van der Waals surface area contributed by atoms with Gasteiger partial charge in [0.25, 0.3) is 0 Å². The Labute approximate surface area is 122 Å². The smallest absolute Gasteiger partial charge is 0.128 e. The lowest BCUT2D eigenvalue weighted by Gasteiger charge is -2.44. The normalized spacial score (nSPS) is 25.6. The molecule has 1 aromatic carbocycles. The molecular formula is C17H27NO2. The molecule has 0 spiro atoms. The highest BCUT2D eigenvalue weighted by Gasteiger charge is 2.43. The first kappa shape index (κ1) is 15.3. The highest BCUT2D eigenvalue weighted by molar-refractivity contribution is 5.36. The predicted molar refractivity (Wildman–Crippen MR) is 82.4 cm³/mol. The lowest BCUT2D eigenvalue weighted by atomic mass is 9.85. The molecule has 3 heteroatoms. The highest BCUT2D eigenvalue weighted by atomic mass is 16.5. The van der Waals surface area contributed by atoms with Gasteiger partial charge in [-0.3, -0.25) is 0 Å². The van der Waals surface area contributed by atoms with Crippen LogP contribution in [-0.4, -0.2) is 31.9 Å². The maximum atomic E-state index is 6.19. The maximum absolute atomic E-state index is 6.19. The molecule has 3 atom stereocenters. The molecule has 1 fully saturated rings. The molecule has 1 aliphatic rings. The third-order valence-electron chi connectivity index (χ3n) is 4.00. The van der Waals surface area contributed by atoms with Gasteiger partial charge < -0.3 is 14.8 Å². The van der Waals surface area contributed by atoms with Gasteiger partial charge in [-0.25, -0.2) is 0 Å². The zero-order valence-corrected chi connectivity index (χ0v) is 13.1. The van der Waals surface area contributed by atoms with Crippen LogP contribution in [0.1, 0.15) is 45.1 Å². The second-order valence-electron chi connectivity index (χ2n) is 5.85. The first-order valence-electron chi connectivity index (χ1n) is 7.69. The van der Waals surface area contributed by atoms with Gasteiger partial charge in [-0.1, -0.05) is 39.0 Å². The average molecular weight is 277 g/mol. The summed E-state index contributed by atoms with van der Waals surface area (Å²) in [4.78, 5) is 0. The quantitative estimate of drug-likeness (QED) is 0.829. The van der Waals surface area contributed by atoms with Crippen LogP contribution in [-0.2, 0) is 4.74 Å². The molecule has 20 heavy (non-hydrogen) atoms. The van der Waals surface area contributed by atoms with Crippen molar-refractivity contribution >= 4 is 0 Å². The van der Waals surface area contributed by atoms with Gasteiger partial charge in [0.05, 0.1) is 0 Å². The molecule has 0 aromatic heterocycles. The van der Waals surface area contributed by atoms with Crippen LogP contribution in [0.25, 0.3) is 0 Å². The minimum absolute atomic E-state index is 0.154. The highest BCUT2D eigenvalue weighted by Crippen LogP contribution is 2.32. The van der Waals surface area contributed by atoms with Crippen LogP contribution in [0.3, 0.4) is 0 Å². The standard InChI is InChI=1S/C17H27NO2/c1-5-10-18-14-11-16(17(14)19-4)20-15-9-7-6-8-13(15)12(2)3/h6-9,12,14,16-18H,5,10-11H2,1-4H3. The molecule has 0 heterocycles. The molecule has 1 N–H and O–H groups in total. The Morgan fingerprint density at radius 3 is 2.70 bits per heavy atom. The number of para-hydroxylation sites is 1. The molecule has 0 aliphatic heterocycles. The van der Waals surface area contributed by atoms with E-state index in [2.05, 4.69) is 44.3 Å². The summed E-state index contributed by atoms with van der Waals surface area (Å²) in [6, 6.07) is 8.75. The van der Waals surface area contributed by atoms with Crippen molar-refractivity contribution in [2.45, 2.75) is 57.8 Å². The molecule has 1 aliphatic carbocycles. The van der Waals surface area contributed by atoms with Crippen molar-refractivity contribution in [1.29, 1.82) is 0 Å². The fourth-order valence-electron chi connectivity index (χ4n) is 2.77. The van der Waals surface area contributed by atoms with Crippen LogP contribution in [0.4, 0.5) is 0 Å². The van der Waals surface area contributed by atoms with E-state index in [4.69, 9.17) is 9.47 Å². The monoisotopic (exact) mass is 277 g/mol. The lowest BCUT2D eigenvalue weighted by Crippen LogP contribution is -2.61. The Morgan fingerprint density at radius 2 is 2.05 bits per heavy atom. The van der Waals surface area contributed by atoms with E-state index in [0.29, 0.717) is 12.0 Å². The van der Waals surface area contributed by atoms with Crippen molar-refractivity contribution < 1.29 is 9.47 Å². The summed E-state index contributed by atoms with van der Waals surface area (Å²) in [6.45, 7) is 7.62. The molecule has 3 unspecified atom stereocenters. The molecule has 112 valence electrons. The molecular weight excluding hydrogens is 250 g/mol. The molecule has 0 radical (unpaired) electrons. The van der Waals surface area contributed by atoms with Crippen LogP contribution >= 0.6 is 0 Å². The van der Waals surface area contributed by atoms with Gasteiger partial charge in [-0.05, 0) is 30.5 Å². The van der Waals surface area contributed by atoms with E-state index in [9.17, 15) is 0 Å². The Kier molecular flexibility index (Phi) is 5.44. The summed E-state index contributed by atoms with van der Waals surface area (Å²) in [5, 5.41) is 3.52. The molecule has 2 rings (SSSR count). The third-order valence-corrected chi connectivity index (χ3v) is 4.00. The number of rotatable bonds is 7. The van der Waals surface area contributed by atoms with Crippen molar-refractivity contribution in [2.75, 3.05) is 13.7 Å². The van der Waals surface area contributed by atoms with E-state index < -0.39 is 0 Å². The van der Waals surface area contributed by atoms with Crippen molar-refractivity contribution in [2.24, 2.45) is 0 Å². The van der Waals surface area contributed by atoms with Crippen molar-refractivity contribution in [3.63, 3.8) is 0 Å². The Bertz CT molecular complexity index is 419. The van der Waals surface area contributed by atoms with E-state index in [1.165, 1.54) is 5.56 Å². The fraction of sp³-hybridized carbons (Fsp3) is 0.647. The molecule has 1 saturated carbocycles. The summed E-state index contributed by atoms with van der Waals surface area (Å²) in [7, 11) is 1.77. The van der Waals surface area contributed by atoms with Crippen LogP contribution < -0.4 is 10.1 Å². The zero-order chi connectivity index (χ0) is 14.5. The molecule has 0 bridgehead atoms. The molecule has 0 amide bonds. The summed E-state index contributed by atoms with van der Waals surface area (Å²) in [5.74, 6) is 1.48. The number of nitrogens with one attached hydrogen (secondary N) is 1. The minimum Gasteiger partial charge on any atom is -0.487 e. The van der Waals surface area contributed by atoms with Gasteiger partial charge in [0, 0.05) is 19.6 Å². The fourth-order valence-corrected chi connectivity index (χ4v) is 2.77. The molecule has 0 saturated heterocycles. The molecule has 1 aromatic rings. The van der Waals surface area contributed by atoms with Crippen LogP contribution in [0, 0.1) is 0 Å². The summed E-state index contributed by atoms with van der Waals surface area (Å²) < 4.78 is 11.8. The Hall–Kier alpha value is -1.06. The minimum atomic E-state index is 0.154. The largest absolute Gasteiger partial charge is 0.487 e. The van der Waals surface area contributed by atoms with E-state index in [1.807, 2.05) is 6.07 Å². The van der Waals surface area contributed by atoms with Gasteiger partial charge in [-0.15, -0.1) is 0 Å². The van der Waals surface area contributed by atoms with Gasteiger partial charge in [0.2, 0.25) is 0 Å². The van der Waals surface area contributed by atoms with Gasteiger partial charge >= 0.3 is 0 Å². The molecule has 3 nitrogen and oxygen atoms in total. The van der Waals surface area contributed by atoms with E-state index in [0.717, 1.165) is 25.1 Å². The van der Waals surface area contributed by atoms with Crippen LogP contribution in [0.2, 0.25) is 0 Å². The Balaban J connectivity index is 1.98. The van der Waals surface area contributed by atoms with E-state index in [1.54, 1.807) is 7.11 Å². The summed E-state index contributed by atoms with van der Waals surface area (Å²) >= 11 is 0. The Morgan fingerprint density at radius 1 is 1.30 bits per heavy atom. The lowest BCUT2D eigenvalue weighted by molar-refractivity contribution is -0.0890. The van der Waals surface area contributed by atoms with Gasteiger partial charge in [0.15, 0.2) is 0 Å². The van der Waals surface area contributed by atoms with E-state index in [-0.39, 0.29) is 12.2 Å². The SMILES string of the molecule is CCCNC1CC(Oc2ccccc2C(C)C)C1OC. The number of hydrogen-bond donors (Lipinski definition) is 1. The average Bonchev–Trinajstić information content (AvgIpc) is 2.42. The van der Waals surface area contributed by atoms with Crippen molar-refractivity contribution in [1.82, 2.24) is 5.32 Å². The van der Waals surface area contributed by atoms with Crippen LogP contribution in [0.15, 0.2) is 24.3 Å². The third kappa shape index (κ3) is 3.33. The topological polar surface area (TPSA) is 30.5 Å². The van der Waals surface area contributed by atoms with Crippen molar-refractivity contribution in [3.05, 3.63) is 29.8 Å². The number of hydrogen-bond acceptors (Lipinski definition) is 3. The second-order valence-corrected chi connectivity index (χ2v) is 5.85. The van der Waals surface area contributed by atoms with Gasteiger partial charge in [-0.2, -0.15) is 0 Å². The zero-order valence-electron chi connectivity index (χ0n) is 13.1. The van der Waals surface area contributed by atoms with E-state index >= 15 is 0 Å². The first-order valence-corrected chi connectivity index (χ1v) is 7.69. The summed E-state index contributed by atoms with van der Waals surface area (Å²) in [6.07, 6.45) is 2.48. The number of benzene rings is 1. The van der Waals surface area contributed by atoms with Crippen LogP contribution in [0.5, 0.6) is 5.75 Å². The van der Waals surface area contributed by atoms with Gasteiger partial charge in [0.1, 0.15) is 18.0 Å². The summed E-state index contributed by atoms with van der Waals surface area (Å²) in [5.41, 5.74) is 1.27. The number of methoxy groups -OCH3 is 1. The number of ether oxygens (including phenoxy) is 2.